The molecule has 2 fully saturated rings. The summed E-state index contributed by atoms with van der Waals surface area (Å²) in [6.45, 7) is 0.512. The van der Waals surface area contributed by atoms with E-state index in [0.29, 0.717) is 23.8 Å². The minimum atomic E-state index is -0.809. The molecular weight excluding hydrogens is 384 g/mol. The van der Waals surface area contributed by atoms with E-state index in [4.69, 9.17) is 26.2 Å². The smallest absolute Gasteiger partial charge is 0.303 e. The zero-order valence-corrected chi connectivity index (χ0v) is 16.4. The molecule has 2 aliphatic rings. The van der Waals surface area contributed by atoms with Crippen LogP contribution in [0.5, 0.6) is 5.75 Å². The highest BCUT2D eigenvalue weighted by atomic mass is 35.5. The summed E-state index contributed by atoms with van der Waals surface area (Å²) < 4.78 is 11.4. The van der Waals surface area contributed by atoms with Crippen LogP contribution in [-0.4, -0.2) is 52.8 Å². The van der Waals surface area contributed by atoms with Gasteiger partial charge in [-0.05, 0) is 42.9 Å². The van der Waals surface area contributed by atoms with Crippen molar-refractivity contribution in [3.8, 4) is 5.75 Å². The molecule has 154 valence electrons. The number of halogens is 1. The van der Waals surface area contributed by atoms with Crippen LogP contribution in [0, 0.1) is 17.8 Å². The summed E-state index contributed by atoms with van der Waals surface area (Å²) in [5.41, 5.74) is 0. The van der Waals surface area contributed by atoms with Gasteiger partial charge >= 0.3 is 5.97 Å². The molecule has 1 saturated carbocycles. The fourth-order valence-corrected chi connectivity index (χ4v) is 4.35. The maximum Gasteiger partial charge on any atom is 0.303 e. The second kappa shape index (κ2) is 9.74. The minimum absolute atomic E-state index is 0.0153. The van der Waals surface area contributed by atoms with Crippen molar-refractivity contribution in [2.45, 2.75) is 44.0 Å². The first-order valence-corrected chi connectivity index (χ1v) is 10.1. The molecule has 0 radical (unpaired) electrons. The predicted octanol–water partition coefficient (Wildman–Crippen LogP) is 2.90. The van der Waals surface area contributed by atoms with Gasteiger partial charge < -0.3 is 24.8 Å². The Hall–Kier alpha value is -1.60. The Labute approximate surface area is 169 Å². The highest BCUT2D eigenvalue weighted by Crippen LogP contribution is 2.41. The Balaban J connectivity index is 1.54. The summed E-state index contributed by atoms with van der Waals surface area (Å²) in [7, 11) is 0. The predicted molar refractivity (Wildman–Crippen MR) is 104 cm³/mol. The largest absolute Gasteiger partial charge is 0.491 e. The van der Waals surface area contributed by atoms with E-state index < -0.39 is 18.2 Å². The number of aliphatic hydroxyl groups excluding tert-OH is 2. The van der Waals surface area contributed by atoms with E-state index in [1.165, 1.54) is 0 Å². The molecule has 3 rings (SSSR count). The van der Waals surface area contributed by atoms with E-state index >= 15 is 0 Å². The van der Waals surface area contributed by atoms with Gasteiger partial charge in [0.2, 0.25) is 0 Å². The molecule has 0 aromatic heterocycles. The van der Waals surface area contributed by atoms with Crippen LogP contribution < -0.4 is 4.74 Å². The Bertz CT molecular complexity index is 693. The van der Waals surface area contributed by atoms with E-state index in [1.54, 1.807) is 30.3 Å². The molecule has 1 aromatic carbocycles. The average molecular weight is 411 g/mol. The summed E-state index contributed by atoms with van der Waals surface area (Å²) in [5, 5.41) is 30.2. The van der Waals surface area contributed by atoms with Crippen molar-refractivity contribution < 1.29 is 29.6 Å². The number of carboxylic acids is 1. The quantitative estimate of drug-likeness (QED) is 0.598. The van der Waals surface area contributed by atoms with Gasteiger partial charge in [0.1, 0.15) is 18.5 Å². The van der Waals surface area contributed by atoms with Gasteiger partial charge in [-0.1, -0.05) is 29.8 Å². The van der Waals surface area contributed by atoms with Crippen molar-refractivity contribution >= 4 is 17.6 Å². The lowest BCUT2D eigenvalue weighted by molar-refractivity contribution is -0.138. The molecule has 1 aliphatic heterocycles. The van der Waals surface area contributed by atoms with Gasteiger partial charge in [0.05, 0.1) is 25.2 Å². The molecule has 0 bridgehead atoms. The molecule has 6 atom stereocenters. The Morgan fingerprint density at radius 1 is 1.39 bits per heavy atom. The maximum atomic E-state index is 10.9. The van der Waals surface area contributed by atoms with Crippen LogP contribution in [0.1, 0.15) is 25.7 Å². The summed E-state index contributed by atoms with van der Waals surface area (Å²) in [6, 6.07) is 6.97. The van der Waals surface area contributed by atoms with Gasteiger partial charge in [0, 0.05) is 17.4 Å². The Morgan fingerprint density at radius 3 is 2.96 bits per heavy atom. The number of benzene rings is 1. The molecule has 1 aromatic rings. The van der Waals surface area contributed by atoms with Crippen molar-refractivity contribution in [1.82, 2.24) is 0 Å². The van der Waals surface area contributed by atoms with Crippen LogP contribution in [0.2, 0.25) is 5.02 Å². The molecule has 28 heavy (non-hydrogen) atoms. The number of carbonyl (C=O) groups is 1. The van der Waals surface area contributed by atoms with Crippen molar-refractivity contribution in [2.24, 2.45) is 17.8 Å². The fraction of sp³-hybridized carbons (Fsp3) is 0.571. The highest BCUT2D eigenvalue weighted by Gasteiger charge is 2.43. The first-order chi connectivity index (χ1) is 13.4. The normalized spacial score (nSPS) is 31.3. The number of carboxylic acid groups (broad SMARTS) is 1. The first-order valence-electron chi connectivity index (χ1n) is 9.68. The lowest BCUT2D eigenvalue weighted by Gasteiger charge is -2.21. The van der Waals surface area contributed by atoms with Crippen LogP contribution >= 0.6 is 11.6 Å². The molecule has 0 spiro atoms. The molecule has 0 amide bonds. The van der Waals surface area contributed by atoms with Gasteiger partial charge in [0.25, 0.3) is 0 Å². The lowest BCUT2D eigenvalue weighted by atomic mass is 9.86. The SMILES string of the molecule is O=C(O)C[C@H]1CC[C@@H]2[C@@H](/C=C/[C@@H](O)COc3cccc(Cl)c3)[C@H](O)C[C@@H]2OC1. The molecule has 1 aliphatic carbocycles. The van der Waals surface area contributed by atoms with E-state index in [9.17, 15) is 15.0 Å². The zero-order valence-electron chi connectivity index (χ0n) is 15.6. The van der Waals surface area contributed by atoms with Crippen molar-refractivity contribution in [1.29, 1.82) is 0 Å². The van der Waals surface area contributed by atoms with E-state index in [-0.39, 0.29) is 36.9 Å². The topological polar surface area (TPSA) is 96.2 Å². The maximum absolute atomic E-state index is 10.9. The number of ether oxygens (including phenoxy) is 2. The van der Waals surface area contributed by atoms with Gasteiger partial charge in [-0.3, -0.25) is 4.79 Å². The molecule has 3 N–H and O–H groups in total. The number of aliphatic hydroxyl groups is 2. The van der Waals surface area contributed by atoms with Crippen LogP contribution in [0.3, 0.4) is 0 Å². The van der Waals surface area contributed by atoms with Gasteiger partial charge in [0.15, 0.2) is 0 Å². The van der Waals surface area contributed by atoms with Crippen molar-refractivity contribution in [2.75, 3.05) is 13.2 Å². The molecule has 0 unspecified atom stereocenters. The number of fused-ring (bicyclic) bond motifs is 1. The summed E-state index contributed by atoms with van der Waals surface area (Å²) in [6.07, 6.45) is 4.33. The summed E-state index contributed by atoms with van der Waals surface area (Å²) >= 11 is 5.91. The van der Waals surface area contributed by atoms with E-state index in [2.05, 4.69) is 0 Å². The molecule has 6 nitrogen and oxygen atoms in total. The van der Waals surface area contributed by atoms with Gasteiger partial charge in [-0.25, -0.2) is 0 Å². The third-order valence-electron chi connectivity index (χ3n) is 5.58. The van der Waals surface area contributed by atoms with Crippen LogP contribution in [-0.2, 0) is 9.53 Å². The van der Waals surface area contributed by atoms with Gasteiger partial charge in [-0.2, -0.15) is 0 Å². The third kappa shape index (κ3) is 5.70. The third-order valence-corrected chi connectivity index (χ3v) is 5.81. The standard InChI is InChI=1S/C21H27ClO6/c22-14-2-1-3-16(9-14)27-12-15(23)5-7-17-18-6-4-13(8-21(25)26)11-28-20(18)10-19(17)24/h1-3,5,7,9,13,15,17-20,23-24H,4,6,8,10-12H2,(H,25,26)/b7-5+/t13-,15-,17-,18-,19-,20+/m1/s1. The van der Waals surface area contributed by atoms with Crippen LogP contribution in [0.4, 0.5) is 0 Å². The monoisotopic (exact) mass is 410 g/mol. The Morgan fingerprint density at radius 2 is 2.21 bits per heavy atom. The van der Waals surface area contributed by atoms with E-state index in [1.807, 2.05) is 6.08 Å². The highest BCUT2D eigenvalue weighted by molar-refractivity contribution is 6.30. The molecule has 7 heteroatoms. The number of rotatable bonds is 7. The summed E-state index contributed by atoms with van der Waals surface area (Å²) in [5.74, 6) is -0.190. The summed E-state index contributed by atoms with van der Waals surface area (Å²) in [4.78, 5) is 10.9. The minimum Gasteiger partial charge on any atom is -0.491 e. The van der Waals surface area contributed by atoms with Crippen LogP contribution in [0.25, 0.3) is 0 Å². The Kier molecular flexibility index (Phi) is 7.35. The van der Waals surface area contributed by atoms with Crippen LogP contribution in [0.15, 0.2) is 36.4 Å². The number of aliphatic carboxylic acids is 1. The van der Waals surface area contributed by atoms with E-state index in [0.717, 1.165) is 12.8 Å². The molecular formula is C21H27ClO6. The fourth-order valence-electron chi connectivity index (χ4n) is 4.17. The van der Waals surface area contributed by atoms with Crippen molar-refractivity contribution in [3.05, 3.63) is 41.4 Å². The number of hydrogen-bond acceptors (Lipinski definition) is 5. The van der Waals surface area contributed by atoms with Crippen molar-refractivity contribution in [3.63, 3.8) is 0 Å². The second-order valence-corrected chi connectivity index (χ2v) is 8.11. The molecule has 1 heterocycles. The molecule has 1 saturated heterocycles. The second-order valence-electron chi connectivity index (χ2n) is 7.68. The number of hydrogen-bond donors (Lipinski definition) is 3. The lowest BCUT2D eigenvalue weighted by Crippen LogP contribution is -2.22. The first kappa shape index (κ1) is 21.1. The zero-order chi connectivity index (χ0) is 20.1. The average Bonchev–Trinajstić information content (AvgIpc) is 2.81. The van der Waals surface area contributed by atoms with Gasteiger partial charge in [-0.15, -0.1) is 0 Å².